The van der Waals surface area contributed by atoms with Gasteiger partial charge in [0.2, 0.25) is 11.8 Å². The largest absolute Gasteiger partial charge is 0.493 e. The minimum Gasteiger partial charge on any atom is -0.493 e. The predicted octanol–water partition coefficient (Wildman–Crippen LogP) is 4.09. The standard InChI is InChI=1S/C24H26ClN3O5/c1-32-20-13-17-18(27-23(30)19-5-4-11-28(19)24(17)31)14-21(20)33-12-3-2-6-22(29)26-16-9-7-15(25)8-10-16/h7-10,13-14,19H,2-6,11-12H2,1H3,(H,26,29)(H,27,30)/t19-/m0/s1. The summed E-state index contributed by atoms with van der Waals surface area (Å²) in [6.45, 7) is 0.933. The second-order valence-corrected chi connectivity index (χ2v) is 8.49. The van der Waals surface area contributed by atoms with Crippen LogP contribution in [0, 0.1) is 0 Å². The van der Waals surface area contributed by atoms with Crippen molar-refractivity contribution in [3.8, 4) is 11.5 Å². The molecule has 0 saturated carbocycles. The van der Waals surface area contributed by atoms with Crippen LogP contribution in [0.5, 0.6) is 11.5 Å². The molecule has 0 unspecified atom stereocenters. The fourth-order valence-corrected chi connectivity index (χ4v) is 4.22. The van der Waals surface area contributed by atoms with Gasteiger partial charge in [0, 0.05) is 29.7 Å². The van der Waals surface area contributed by atoms with Gasteiger partial charge in [-0.2, -0.15) is 0 Å². The Hall–Kier alpha value is -3.26. The van der Waals surface area contributed by atoms with Crippen molar-refractivity contribution in [2.24, 2.45) is 0 Å². The van der Waals surface area contributed by atoms with E-state index in [9.17, 15) is 14.4 Å². The number of carbonyl (C=O) groups excluding carboxylic acids is 3. The topological polar surface area (TPSA) is 97.0 Å². The van der Waals surface area contributed by atoms with Crippen LogP contribution in [0.25, 0.3) is 0 Å². The maximum absolute atomic E-state index is 12.9. The quantitative estimate of drug-likeness (QED) is 0.565. The van der Waals surface area contributed by atoms with Crippen LogP contribution < -0.4 is 20.1 Å². The van der Waals surface area contributed by atoms with Gasteiger partial charge in [0.15, 0.2) is 11.5 Å². The van der Waals surface area contributed by atoms with E-state index >= 15 is 0 Å². The normalized spacial score (nSPS) is 17.0. The van der Waals surface area contributed by atoms with Gasteiger partial charge in [-0.1, -0.05) is 11.6 Å². The van der Waals surface area contributed by atoms with E-state index < -0.39 is 6.04 Å². The molecule has 1 fully saturated rings. The van der Waals surface area contributed by atoms with Crippen molar-refractivity contribution in [2.75, 3.05) is 30.9 Å². The molecule has 0 aliphatic carbocycles. The number of unbranched alkanes of at least 4 members (excludes halogenated alkanes) is 1. The lowest BCUT2D eigenvalue weighted by atomic mass is 10.1. The van der Waals surface area contributed by atoms with Gasteiger partial charge in [-0.15, -0.1) is 0 Å². The molecular weight excluding hydrogens is 446 g/mol. The Labute approximate surface area is 197 Å². The Morgan fingerprint density at radius 1 is 1.18 bits per heavy atom. The molecule has 33 heavy (non-hydrogen) atoms. The average molecular weight is 472 g/mol. The SMILES string of the molecule is COc1cc2c(cc1OCCCCC(=O)Nc1ccc(Cl)cc1)NC(=O)[C@@H]1CCCN1C2=O. The molecule has 0 radical (unpaired) electrons. The lowest BCUT2D eigenvalue weighted by Crippen LogP contribution is -2.40. The first kappa shape index (κ1) is 22.9. The number of hydrogen-bond acceptors (Lipinski definition) is 5. The number of fused-ring (bicyclic) bond motifs is 2. The van der Waals surface area contributed by atoms with Gasteiger partial charge in [-0.05, 0) is 56.0 Å². The van der Waals surface area contributed by atoms with Crippen molar-refractivity contribution in [2.45, 2.75) is 38.1 Å². The third-order valence-electron chi connectivity index (χ3n) is 5.79. The summed E-state index contributed by atoms with van der Waals surface area (Å²) in [5.74, 6) is 0.429. The van der Waals surface area contributed by atoms with Gasteiger partial charge >= 0.3 is 0 Å². The predicted molar refractivity (Wildman–Crippen MR) is 125 cm³/mol. The molecule has 9 heteroatoms. The molecule has 1 saturated heterocycles. The molecule has 0 spiro atoms. The number of benzene rings is 2. The molecule has 2 aliphatic heterocycles. The van der Waals surface area contributed by atoms with Gasteiger partial charge in [0.1, 0.15) is 6.04 Å². The first-order chi connectivity index (χ1) is 16.0. The number of halogens is 1. The highest BCUT2D eigenvalue weighted by molar-refractivity contribution is 6.30. The minimum absolute atomic E-state index is 0.0818. The number of nitrogens with zero attached hydrogens (tertiary/aromatic N) is 1. The lowest BCUT2D eigenvalue weighted by Gasteiger charge is -2.20. The summed E-state index contributed by atoms with van der Waals surface area (Å²) >= 11 is 5.85. The maximum Gasteiger partial charge on any atom is 0.256 e. The fraction of sp³-hybridized carbons (Fsp3) is 0.375. The molecule has 174 valence electrons. The zero-order chi connectivity index (χ0) is 23.4. The van der Waals surface area contributed by atoms with E-state index in [1.807, 2.05) is 0 Å². The molecule has 1 atom stereocenters. The van der Waals surface area contributed by atoms with Crippen molar-refractivity contribution < 1.29 is 23.9 Å². The van der Waals surface area contributed by atoms with Crippen LogP contribution in [-0.2, 0) is 9.59 Å². The number of hydrogen-bond donors (Lipinski definition) is 2. The Morgan fingerprint density at radius 2 is 1.97 bits per heavy atom. The monoisotopic (exact) mass is 471 g/mol. The van der Waals surface area contributed by atoms with Crippen molar-refractivity contribution in [3.63, 3.8) is 0 Å². The molecule has 2 N–H and O–H groups in total. The lowest BCUT2D eigenvalue weighted by molar-refractivity contribution is -0.119. The second-order valence-electron chi connectivity index (χ2n) is 8.06. The summed E-state index contributed by atoms with van der Waals surface area (Å²) in [7, 11) is 1.51. The third kappa shape index (κ3) is 5.22. The highest BCUT2D eigenvalue weighted by atomic mass is 35.5. The van der Waals surface area contributed by atoms with E-state index in [2.05, 4.69) is 10.6 Å². The molecule has 0 aromatic heterocycles. The minimum atomic E-state index is -0.431. The summed E-state index contributed by atoms with van der Waals surface area (Å²) in [5, 5.41) is 6.30. The zero-order valence-corrected chi connectivity index (χ0v) is 19.1. The number of amides is 3. The molecule has 0 bridgehead atoms. The Morgan fingerprint density at radius 3 is 2.73 bits per heavy atom. The van der Waals surface area contributed by atoms with Gasteiger partial charge in [0.05, 0.1) is 25.0 Å². The molecule has 2 aromatic rings. The fourth-order valence-electron chi connectivity index (χ4n) is 4.09. The summed E-state index contributed by atoms with van der Waals surface area (Å²) in [6, 6.07) is 9.77. The number of nitrogens with one attached hydrogen (secondary N) is 2. The van der Waals surface area contributed by atoms with Crippen molar-refractivity contribution in [1.82, 2.24) is 4.90 Å². The van der Waals surface area contributed by atoms with Crippen molar-refractivity contribution in [3.05, 3.63) is 47.0 Å². The molecule has 2 heterocycles. The number of methoxy groups -OCH3 is 1. The van der Waals surface area contributed by atoms with Crippen molar-refractivity contribution >= 4 is 40.7 Å². The van der Waals surface area contributed by atoms with E-state index in [0.717, 1.165) is 6.42 Å². The van der Waals surface area contributed by atoms with Crippen LogP contribution in [0.4, 0.5) is 11.4 Å². The highest BCUT2D eigenvalue weighted by Crippen LogP contribution is 2.37. The summed E-state index contributed by atoms with van der Waals surface area (Å²) in [6.07, 6.45) is 3.12. The van der Waals surface area contributed by atoms with Crippen molar-refractivity contribution in [1.29, 1.82) is 0 Å². The smallest absolute Gasteiger partial charge is 0.256 e. The van der Waals surface area contributed by atoms with Crippen LogP contribution in [0.15, 0.2) is 36.4 Å². The van der Waals surface area contributed by atoms with Crippen LogP contribution in [-0.4, -0.2) is 48.9 Å². The van der Waals surface area contributed by atoms with E-state index in [4.69, 9.17) is 21.1 Å². The van der Waals surface area contributed by atoms with Gasteiger partial charge in [0.25, 0.3) is 5.91 Å². The molecule has 2 aliphatic rings. The molecular formula is C24H26ClN3O5. The second kappa shape index (κ2) is 10.1. The first-order valence-electron chi connectivity index (χ1n) is 11.0. The van der Waals surface area contributed by atoms with Crippen LogP contribution >= 0.6 is 11.6 Å². The average Bonchev–Trinajstić information content (AvgIpc) is 3.27. The summed E-state index contributed by atoms with van der Waals surface area (Å²) in [4.78, 5) is 39.2. The van der Waals surface area contributed by atoms with Crippen LogP contribution in [0.2, 0.25) is 5.02 Å². The molecule has 4 rings (SSSR count). The Balaban J connectivity index is 1.33. The third-order valence-corrected chi connectivity index (χ3v) is 6.04. The van der Waals surface area contributed by atoms with E-state index in [0.29, 0.717) is 72.3 Å². The highest BCUT2D eigenvalue weighted by Gasteiger charge is 2.39. The molecule has 3 amide bonds. The zero-order valence-electron chi connectivity index (χ0n) is 18.4. The number of rotatable bonds is 8. The molecule has 2 aromatic carbocycles. The molecule has 8 nitrogen and oxygen atoms in total. The maximum atomic E-state index is 12.9. The van der Waals surface area contributed by atoms with E-state index in [1.165, 1.54) is 7.11 Å². The van der Waals surface area contributed by atoms with Gasteiger partial charge in [-0.25, -0.2) is 0 Å². The van der Waals surface area contributed by atoms with E-state index in [1.54, 1.807) is 41.3 Å². The van der Waals surface area contributed by atoms with Crippen LogP contribution in [0.3, 0.4) is 0 Å². The van der Waals surface area contributed by atoms with Gasteiger partial charge in [-0.3, -0.25) is 14.4 Å². The first-order valence-corrected chi connectivity index (χ1v) is 11.4. The Bertz CT molecular complexity index is 1060. The number of ether oxygens (including phenoxy) is 2. The van der Waals surface area contributed by atoms with Crippen LogP contribution in [0.1, 0.15) is 42.5 Å². The summed E-state index contributed by atoms with van der Waals surface area (Å²) in [5.41, 5.74) is 1.53. The van der Waals surface area contributed by atoms with E-state index in [-0.39, 0.29) is 17.7 Å². The number of carbonyl (C=O) groups is 3. The summed E-state index contributed by atoms with van der Waals surface area (Å²) < 4.78 is 11.3. The Kier molecular flexibility index (Phi) is 7.03. The number of anilines is 2. The van der Waals surface area contributed by atoms with Gasteiger partial charge < -0.3 is 25.0 Å².